The lowest BCUT2D eigenvalue weighted by molar-refractivity contribution is 0.0268. The maximum absolute atomic E-state index is 5.51. The van der Waals surface area contributed by atoms with Gasteiger partial charge in [-0.05, 0) is 44.9 Å². The third-order valence-electron chi connectivity index (χ3n) is 3.37. The van der Waals surface area contributed by atoms with Crippen molar-refractivity contribution in [1.29, 1.82) is 0 Å². The number of benzene rings is 1. The van der Waals surface area contributed by atoms with Crippen LogP contribution in [0.1, 0.15) is 26.3 Å². The lowest BCUT2D eigenvalue weighted by Gasteiger charge is -2.24. The van der Waals surface area contributed by atoms with Crippen molar-refractivity contribution in [2.24, 2.45) is 4.99 Å². The number of hydrogen-bond donors (Lipinski definition) is 2. The van der Waals surface area contributed by atoms with Gasteiger partial charge in [-0.25, -0.2) is 0 Å². The molecule has 0 heterocycles. The third-order valence-corrected chi connectivity index (χ3v) is 3.37. The van der Waals surface area contributed by atoms with Crippen LogP contribution in [0.15, 0.2) is 29.3 Å². The number of rotatable bonds is 8. The molecule has 124 valence electrons. The second-order valence-electron chi connectivity index (χ2n) is 5.65. The Morgan fingerprint density at radius 2 is 2.05 bits per heavy atom. The van der Waals surface area contributed by atoms with Crippen molar-refractivity contribution in [2.75, 3.05) is 33.9 Å². The topological polar surface area (TPSA) is 54.9 Å². The van der Waals surface area contributed by atoms with Gasteiger partial charge < -0.3 is 20.1 Å². The first-order valence-electron chi connectivity index (χ1n) is 7.72. The highest BCUT2D eigenvalue weighted by atomic mass is 16.5. The monoisotopic (exact) mass is 307 g/mol. The highest BCUT2D eigenvalue weighted by Crippen LogP contribution is 2.13. The van der Waals surface area contributed by atoms with Crippen LogP contribution < -0.4 is 15.4 Å². The summed E-state index contributed by atoms with van der Waals surface area (Å²) in [6, 6.07) is 8.19. The van der Waals surface area contributed by atoms with Gasteiger partial charge in [0.15, 0.2) is 5.96 Å². The fourth-order valence-electron chi connectivity index (χ4n) is 1.87. The molecule has 1 aromatic rings. The first-order valence-corrected chi connectivity index (χ1v) is 7.72. The molecule has 22 heavy (non-hydrogen) atoms. The van der Waals surface area contributed by atoms with E-state index >= 15 is 0 Å². The van der Waals surface area contributed by atoms with Gasteiger partial charge in [-0.2, -0.15) is 0 Å². The Morgan fingerprint density at radius 1 is 1.27 bits per heavy atom. The Balaban J connectivity index is 2.40. The normalized spacial score (nSPS) is 12.1. The average Bonchev–Trinajstić information content (AvgIpc) is 2.51. The van der Waals surface area contributed by atoms with Gasteiger partial charge in [0.25, 0.3) is 0 Å². The average molecular weight is 307 g/mol. The molecule has 0 atom stereocenters. The summed E-state index contributed by atoms with van der Waals surface area (Å²) in [5.74, 6) is 1.70. The van der Waals surface area contributed by atoms with Crippen LogP contribution in [0.2, 0.25) is 0 Å². The molecule has 2 N–H and O–H groups in total. The van der Waals surface area contributed by atoms with Crippen molar-refractivity contribution in [3.63, 3.8) is 0 Å². The zero-order valence-corrected chi connectivity index (χ0v) is 14.4. The van der Waals surface area contributed by atoms with Crippen LogP contribution >= 0.6 is 0 Å². The number of nitrogens with one attached hydrogen (secondary N) is 2. The lowest BCUT2D eigenvalue weighted by atomic mass is 10.1. The van der Waals surface area contributed by atoms with Crippen LogP contribution in [-0.2, 0) is 11.2 Å². The van der Waals surface area contributed by atoms with E-state index < -0.39 is 0 Å². The van der Waals surface area contributed by atoms with Crippen molar-refractivity contribution in [1.82, 2.24) is 10.6 Å². The van der Waals surface area contributed by atoms with Crippen LogP contribution in [0.5, 0.6) is 5.75 Å². The van der Waals surface area contributed by atoms with E-state index in [1.165, 1.54) is 5.56 Å². The van der Waals surface area contributed by atoms with Gasteiger partial charge in [-0.15, -0.1) is 0 Å². The molecule has 0 saturated heterocycles. The number of guanidine groups is 1. The highest BCUT2D eigenvalue weighted by Gasteiger charge is 2.16. The van der Waals surface area contributed by atoms with E-state index in [1.807, 2.05) is 32.9 Å². The molecule has 0 radical (unpaired) electrons. The molecule has 0 unspecified atom stereocenters. The minimum absolute atomic E-state index is 0.219. The molecule has 0 spiro atoms. The van der Waals surface area contributed by atoms with Crippen LogP contribution in [0.3, 0.4) is 0 Å². The highest BCUT2D eigenvalue weighted by molar-refractivity contribution is 5.79. The first-order chi connectivity index (χ1) is 10.5. The SMILES string of the molecule is CCOc1cccc(CCNC(=NC)NCC(C)(C)OC)c1. The van der Waals surface area contributed by atoms with E-state index in [1.54, 1.807) is 14.2 Å². The maximum Gasteiger partial charge on any atom is 0.191 e. The molecule has 0 bridgehead atoms. The molecular weight excluding hydrogens is 278 g/mol. The molecule has 1 rings (SSSR count). The van der Waals surface area contributed by atoms with E-state index in [9.17, 15) is 0 Å². The van der Waals surface area contributed by atoms with Crippen molar-refractivity contribution >= 4 is 5.96 Å². The lowest BCUT2D eigenvalue weighted by Crippen LogP contribution is -2.45. The third kappa shape index (κ3) is 6.80. The Labute approximate surface area is 134 Å². The summed E-state index contributed by atoms with van der Waals surface area (Å²) in [5, 5.41) is 6.58. The summed E-state index contributed by atoms with van der Waals surface area (Å²) < 4.78 is 10.9. The van der Waals surface area contributed by atoms with Gasteiger partial charge in [-0.3, -0.25) is 4.99 Å². The number of hydrogen-bond acceptors (Lipinski definition) is 3. The second kappa shape index (κ2) is 9.30. The van der Waals surface area contributed by atoms with Crippen LogP contribution in [0.4, 0.5) is 0 Å². The van der Waals surface area contributed by atoms with E-state index in [-0.39, 0.29) is 5.60 Å². The minimum Gasteiger partial charge on any atom is -0.494 e. The predicted octanol–water partition coefficient (Wildman–Crippen LogP) is 2.22. The molecule has 1 aromatic carbocycles. The van der Waals surface area contributed by atoms with Crippen molar-refractivity contribution in [3.8, 4) is 5.75 Å². The Hall–Kier alpha value is -1.75. The van der Waals surface area contributed by atoms with Gasteiger partial charge in [0.05, 0.1) is 12.2 Å². The molecule has 0 amide bonds. The van der Waals surface area contributed by atoms with Gasteiger partial charge in [0.2, 0.25) is 0 Å². The minimum atomic E-state index is -0.219. The summed E-state index contributed by atoms with van der Waals surface area (Å²) in [7, 11) is 3.48. The van der Waals surface area contributed by atoms with Crippen LogP contribution in [-0.4, -0.2) is 45.4 Å². The largest absolute Gasteiger partial charge is 0.494 e. The van der Waals surface area contributed by atoms with Crippen LogP contribution in [0.25, 0.3) is 0 Å². The second-order valence-corrected chi connectivity index (χ2v) is 5.65. The molecule has 0 aliphatic carbocycles. The molecular formula is C17H29N3O2. The van der Waals surface area contributed by atoms with Gasteiger partial charge in [-0.1, -0.05) is 12.1 Å². The number of aliphatic imine (C=N–C) groups is 1. The molecule has 5 heteroatoms. The summed E-state index contributed by atoms with van der Waals surface area (Å²) in [6.45, 7) is 8.25. The Bertz CT molecular complexity index is 473. The molecule has 0 fully saturated rings. The molecule has 0 saturated carbocycles. The number of ether oxygens (including phenoxy) is 2. The molecule has 5 nitrogen and oxygen atoms in total. The molecule has 0 aromatic heterocycles. The Kier molecular flexibility index (Phi) is 7.74. The summed E-state index contributed by atoms with van der Waals surface area (Å²) in [5.41, 5.74) is 1.02. The first kappa shape index (κ1) is 18.3. The standard InChI is InChI=1S/C17H29N3O2/c1-6-22-15-9-7-8-14(12-15)10-11-19-16(18-4)20-13-17(2,3)21-5/h7-9,12H,6,10-11,13H2,1-5H3,(H2,18,19,20). The van der Waals surface area contributed by atoms with E-state index in [2.05, 4.69) is 27.8 Å². The number of methoxy groups -OCH3 is 1. The smallest absolute Gasteiger partial charge is 0.191 e. The quantitative estimate of drug-likeness (QED) is 0.571. The molecule has 0 aliphatic heterocycles. The fraction of sp³-hybridized carbons (Fsp3) is 0.588. The summed E-state index contributed by atoms with van der Waals surface area (Å²) in [6.07, 6.45) is 0.912. The fourth-order valence-corrected chi connectivity index (χ4v) is 1.87. The van der Waals surface area contributed by atoms with E-state index in [4.69, 9.17) is 9.47 Å². The van der Waals surface area contributed by atoms with Crippen molar-refractivity contribution in [2.45, 2.75) is 32.8 Å². The predicted molar refractivity (Wildman–Crippen MR) is 91.8 cm³/mol. The van der Waals surface area contributed by atoms with Crippen molar-refractivity contribution in [3.05, 3.63) is 29.8 Å². The van der Waals surface area contributed by atoms with Gasteiger partial charge in [0.1, 0.15) is 5.75 Å². The number of nitrogens with zero attached hydrogens (tertiary/aromatic N) is 1. The summed E-state index contributed by atoms with van der Waals surface area (Å²) >= 11 is 0. The molecule has 0 aliphatic rings. The van der Waals surface area contributed by atoms with E-state index in [0.29, 0.717) is 13.2 Å². The summed E-state index contributed by atoms with van der Waals surface area (Å²) in [4.78, 5) is 4.22. The maximum atomic E-state index is 5.51. The van der Waals surface area contributed by atoms with E-state index in [0.717, 1.165) is 24.7 Å². The van der Waals surface area contributed by atoms with Crippen molar-refractivity contribution < 1.29 is 9.47 Å². The zero-order valence-electron chi connectivity index (χ0n) is 14.4. The zero-order chi connectivity index (χ0) is 16.4. The Morgan fingerprint density at radius 3 is 2.68 bits per heavy atom. The van der Waals surface area contributed by atoms with Crippen LogP contribution in [0, 0.1) is 0 Å². The van der Waals surface area contributed by atoms with Gasteiger partial charge >= 0.3 is 0 Å². The van der Waals surface area contributed by atoms with Gasteiger partial charge in [0, 0.05) is 27.2 Å².